The van der Waals surface area contributed by atoms with Crippen LogP contribution in [0.1, 0.15) is 111 Å². The van der Waals surface area contributed by atoms with Crippen molar-refractivity contribution in [2.45, 2.75) is 104 Å². The molecule has 3 aliphatic carbocycles. The van der Waals surface area contributed by atoms with Gasteiger partial charge in [-0.05, 0) is 133 Å². The maximum atomic E-state index is 12.2. The number of pyridine rings is 1. The largest absolute Gasteiger partial charge is 0.489 e. The lowest BCUT2D eigenvalue weighted by Gasteiger charge is -2.16. The lowest BCUT2D eigenvalue weighted by molar-refractivity contribution is -0.119. The SMILES string of the molecule is COC(C)COc1ccc(C(C)=O)c(CC(=O)C2CC2)c1Cl.COC(C)COc1ccc(C(C)=O)c(N)c1Cl.COC(C)COc1ccc2c(=O)cc(C3CC3)[nH]c2c1Cl.O=C(Cl)C1CC1. The lowest BCUT2D eigenvalue weighted by atomic mass is 9.97. The van der Waals surface area contributed by atoms with Gasteiger partial charge < -0.3 is 39.1 Å². The summed E-state index contributed by atoms with van der Waals surface area (Å²) in [6.45, 7) is 9.73. The number of fused-ring (bicyclic) bond motifs is 1. The van der Waals surface area contributed by atoms with E-state index in [-0.39, 0.29) is 75.3 Å². The first kappa shape index (κ1) is 54.4. The number of aromatic nitrogens is 1. The minimum absolute atomic E-state index is 0.00404. The summed E-state index contributed by atoms with van der Waals surface area (Å²) in [5.74, 6) is 2.26. The van der Waals surface area contributed by atoms with Crippen LogP contribution in [0.4, 0.5) is 5.69 Å². The number of H-pyrrole nitrogens is 1. The van der Waals surface area contributed by atoms with Crippen molar-refractivity contribution in [3.8, 4) is 17.2 Å². The van der Waals surface area contributed by atoms with Gasteiger partial charge in [-0.1, -0.05) is 34.8 Å². The van der Waals surface area contributed by atoms with Gasteiger partial charge in [0.05, 0.1) is 34.5 Å². The molecule has 17 heteroatoms. The van der Waals surface area contributed by atoms with E-state index in [1.807, 2.05) is 20.8 Å². The van der Waals surface area contributed by atoms with E-state index in [9.17, 15) is 24.0 Å². The molecule has 3 N–H and O–H groups in total. The highest BCUT2D eigenvalue weighted by molar-refractivity contribution is 6.64. The second kappa shape index (κ2) is 25.8. The van der Waals surface area contributed by atoms with E-state index in [4.69, 9.17) is 80.6 Å². The number of aromatic amines is 1. The Bertz CT molecular complexity index is 2400. The molecular weight excluding hydrogens is 934 g/mol. The number of carbonyl (C=O) groups is 4. The molecule has 13 nitrogen and oxygen atoms in total. The number of nitrogens with one attached hydrogen (secondary N) is 1. The molecule has 3 unspecified atom stereocenters. The van der Waals surface area contributed by atoms with E-state index in [0.717, 1.165) is 44.2 Å². The van der Waals surface area contributed by atoms with Crippen LogP contribution in [0.15, 0.2) is 47.3 Å². The Morgan fingerprint density at radius 2 is 1.12 bits per heavy atom. The molecule has 7 rings (SSSR count). The first-order valence-corrected chi connectivity index (χ1v) is 23.3. The van der Waals surface area contributed by atoms with E-state index in [0.29, 0.717) is 80.6 Å². The first-order chi connectivity index (χ1) is 31.3. The number of anilines is 1. The van der Waals surface area contributed by atoms with Crippen molar-refractivity contribution in [2.24, 2.45) is 11.8 Å². The molecule has 3 atom stereocenters. The molecule has 0 spiro atoms. The zero-order valence-electron chi connectivity index (χ0n) is 38.7. The fraction of sp³-hybridized carbons (Fsp3) is 0.490. The van der Waals surface area contributed by atoms with Gasteiger partial charge in [-0.3, -0.25) is 24.0 Å². The normalized spacial score (nSPS) is 15.3. The number of benzene rings is 3. The number of ether oxygens (including phenoxy) is 6. The van der Waals surface area contributed by atoms with Crippen LogP contribution in [-0.4, -0.2) is 87.0 Å². The number of Topliss-reactive ketones (excluding diaryl/α,β-unsaturated/α-hetero) is 3. The maximum absolute atomic E-state index is 12.2. The van der Waals surface area contributed by atoms with E-state index in [1.54, 1.807) is 63.8 Å². The van der Waals surface area contributed by atoms with Gasteiger partial charge in [-0.2, -0.15) is 0 Å². The predicted molar refractivity (Wildman–Crippen MR) is 260 cm³/mol. The number of hydrogen-bond donors (Lipinski definition) is 2. The van der Waals surface area contributed by atoms with E-state index < -0.39 is 0 Å². The van der Waals surface area contributed by atoms with Crippen LogP contribution in [0.5, 0.6) is 17.2 Å². The minimum Gasteiger partial charge on any atom is -0.489 e. The van der Waals surface area contributed by atoms with Crippen LogP contribution in [0.2, 0.25) is 15.1 Å². The number of methoxy groups -OCH3 is 3. The summed E-state index contributed by atoms with van der Waals surface area (Å²) in [5.41, 5.74) is 9.12. The number of ketones is 3. The van der Waals surface area contributed by atoms with Gasteiger partial charge in [0.25, 0.3) is 0 Å². The predicted octanol–water partition coefficient (Wildman–Crippen LogP) is 10.7. The number of hydrogen-bond acceptors (Lipinski definition) is 12. The fourth-order valence-electron chi connectivity index (χ4n) is 6.07. The summed E-state index contributed by atoms with van der Waals surface area (Å²) >= 11 is 23.8. The monoisotopic (exact) mass is 992 g/mol. The molecule has 0 amide bonds. The third-order valence-corrected chi connectivity index (χ3v) is 12.5. The minimum atomic E-state index is -0.157. The summed E-state index contributed by atoms with van der Waals surface area (Å²) < 4.78 is 32.1. The van der Waals surface area contributed by atoms with Crippen LogP contribution in [0, 0.1) is 11.8 Å². The molecule has 0 aliphatic heterocycles. The van der Waals surface area contributed by atoms with Crippen LogP contribution >= 0.6 is 46.4 Å². The van der Waals surface area contributed by atoms with Gasteiger partial charge in [0.15, 0.2) is 17.0 Å². The van der Waals surface area contributed by atoms with Crippen molar-refractivity contribution in [2.75, 3.05) is 46.9 Å². The molecule has 66 heavy (non-hydrogen) atoms. The van der Waals surface area contributed by atoms with Crippen LogP contribution in [-0.2, 0) is 30.2 Å². The standard InChI is InChI=1S/C17H21ClO4.C16H18ClNO3.C12H16ClNO3.C4H5ClO/c1-10(21-3)9-22-16-7-6-13(11(2)19)14(17(16)18)8-15(20)12-4-5-12;1-9(20-2)8-21-14-6-5-11-13(19)7-12(10-3-4-10)18-16(11)15(14)17;1-7(16-3)6-17-10-5-4-9(8(2)15)12(14)11(10)13;5-4(6)3-1-2-3/h6-7,10,12H,4-5,8-9H2,1-3H3;5-7,9-10H,3-4,8H2,1-2H3,(H,18,19);4-5,7H,6,14H2,1-3H3;3H,1-2H2. The molecule has 360 valence electrons. The number of rotatable bonds is 19. The van der Waals surface area contributed by atoms with Crippen molar-refractivity contribution in [3.05, 3.63) is 90.1 Å². The van der Waals surface area contributed by atoms with Crippen molar-refractivity contribution in [3.63, 3.8) is 0 Å². The Hall–Kier alpha value is -4.21. The smallest absolute Gasteiger partial charge is 0.224 e. The highest BCUT2D eigenvalue weighted by Gasteiger charge is 2.31. The van der Waals surface area contributed by atoms with Crippen LogP contribution < -0.4 is 25.4 Å². The third-order valence-electron chi connectivity index (χ3n) is 11.0. The number of halogens is 4. The number of nitrogens with two attached hydrogens (primary N) is 1. The zero-order chi connectivity index (χ0) is 48.8. The van der Waals surface area contributed by atoms with Crippen molar-refractivity contribution >= 4 is 85.6 Å². The average molecular weight is 995 g/mol. The van der Waals surface area contributed by atoms with Crippen molar-refractivity contribution in [1.82, 2.24) is 4.98 Å². The molecule has 0 radical (unpaired) electrons. The second-order valence-electron chi connectivity index (χ2n) is 16.6. The Labute approximate surface area is 406 Å². The van der Waals surface area contributed by atoms with Crippen molar-refractivity contribution in [1.29, 1.82) is 0 Å². The maximum Gasteiger partial charge on any atom is 0.224 e. The molecule has 3 aromatic carbocycles. The first-order valence-electron chi connectivity index (χ1n) is 21.8. The number of nitrogen functional groups attached to an aromatic ring is 1. The van der Waals surface area contributed by atoms with Gasteiger partial charge in [0, 0.05) is 67.9 Å². The van der Waals surface area contributed by atoms with E-state index in [2.05, 4.69) is 4.98 Å². The molecule has 0 bridgehead atoms. The quantitative estimate of drug-likeness (QED) is 0.0516. The Kier molecular flexibility index (Phi) is 21.3. The van der Waals surface area contributed by atoms with Crippen LogP contribution in [0.25, 0.3) is 10.9 Å². The molecule has 0 saturated heterocycles. The van der Waals surface area contributed by atoms with E-state index in [1.165, 1.54) is 13.8 Å². The topological polar surface area (TPSA) is 183 Å². The molecule has 1 heterocycles. The highest BCUT2D eigenvalue weighted by atomic mass is 35.5. The lowest BCUT2D eigenvalue weighted by Crippen LogP contribution is -2.17. The molecular formula is C49H60Cl4N2O11. The fourth-order valence-corrected chi connectivity index (χ4v) is 7.06. The summed E-state index contributed by atoms with van der Waals surface area (Å²) in [7, 11) is 4.84. The Morgan fingerprint density at radius 3 is 1.55 bits per heavy atom. The summed E-state index contributed by atoms with van der Waals surface area (Å²) in [5, 5.41) is 1.51. The Morgan fingerprint density at radius 1 is 0.667 bits per heavy atom. The van der Waals surface area contributed by atoms with E-state index >= 15 is 0 Å². The van der Waals surface area contributed by atoms with Crippen molar-refractivity contribution < 1.29 is 47.6 Å². The molecule has 3 aliphatic rings. The van der Waals surface area contributed by atoms with Gasteiger partial charge in [0.1, 0.15) is 52.9 Å². The zero-order valence-corrected chi connectivity index (χ0v) is 41.7. The molecule has 4 aromatic rings. The second-order valence-corrected chi connectivity index (χ2v) is 18.1. The third kappa shape index (κ3) is 16.2. The summed E-state index contributed by atoms with van der Waals surface area (Å²) in [4.78, 5) is 60.6. The highest BCUT2D eigenvalue weighted by Crippen LogP contribution is 2.40. The van der Waals surface area contributed by atoms with Gasteiger partial charge >= 0.3 is 0 Å². The molecule has 3 fully saturated rings. The molecule has 1 aromatic heterocycles. The molecule has 3 saturated carbocycles. The summed E-state index contributed by atoms with van der Waals surface area (Å²) in [6, 6.07) is 11.8. The van der Waals surface area contributed by atoms with Gasteiger partial charge in [0.2, 0.25) is 5.24 Å². The van der Waals surface area contributed by atoms with Gasteiger partial charge in [-0.15, -0.1) is 0 Å². The number of carbonyl (C=O) groups excluding carboxylic acids is 4. The average Bonchev–Trinajstić information content (AvgIpc) is 4.11. The van der Waals surface area contributed by atoms with Gasteiger partial charge in [-0.25, -0.2) is 0 Å². The summed E-state index contributed by atoms with van der Waals surface area (Å²) in [6.07, 6.45) is 6.22. The Balaban J connectivity index is 0.000000204. The van der Waals surface area contributed by atoms with Crippen LogP contribution in [0.3, 0.4) is 0 Å².